The number of hydrogen-bond donors (Lipinski definition) is 2. The van der Waals surface area contributed by atoms with E-state index in [9.17, 15) is 8.78 Å². The van der Waals surface area contributed by atoms with Gasteiger partial charge in [0, 0.05) is 12.3 Å². The van der Waals surface area contributed by atoms with Gasteiger partial charge in [-0.1, -0.05) is 0 Å². The van der Waals surface area contributed by atoms with Crippen LogP contribution in [-0.4, -0.2) is 4.98 Å². The highest BCUT2D eigenvalue weighted by atomic mass is 19.1. The number of pyridine rings is 1. The van der Waals surface area contributed by atoms with Crippen molar-refractivity contribution in [2.24, 2.45) is 0 Å². The second-order valence-electron chi connectivity index (χ2n) is 3.65. The van der Waals surface area contributed by atoms with E-state index >= 15 is 0 Å². The Bertz CT molecular complexity index is 555. The summed E-state index contributed by atoms with van der Waals surface area (Å²) >= 11 is 0. The summed E-state index contributed by atoms with van der Waals surface area (Å²) in [4.78, 5) is 3.94. The summed E-state index contributed by atoms with van der Waals surface area (Å²) in [6, 6.07) is 5.49. The topological polar surface area (TPSA) is 50.9 Å². The Hall–Kier alpha value is -2.17. The first-order valence-corrected chi connectivity index (χ1v) is 5.01. The van der Waals surface area contributed by atoms with Crippen LogP contribution in [-0.2, 0) is 0 Å². The SMILES string of the molecule is Cc1cc(F)c(Nc2ncccc2N)cc1F. The van der Waals surface area contributed by atoms with E-state index in [0.29, 0.717) is 11.5 Å². The van der Waals surface area contributed by atoms with Gasteiger partial charge in [0.25, 0.3) is 0 Å². The number of aryl methyl sites for hydroxylation is 1. The number of halogens is 2. The molecule has 17 heavy (non-hydrogen) atoms. The average Bonchev–Trinajstić information content (AvgIpc) is 2.29. The zero-order valence-corrected chi connectivity index (χ0v) is 9.17. The Labute approximate surface area is 97.3 Å². The molecule has 0 saturated carbocycles. The third kappa shape index (κ3) is 2.33. The van der Waals surface area contributed by atoms with Crippen molar-refractivity contribution in [2.45, 2.75) is 6.92 Å². The van der Waals surface area contributed by atoms with E-state index in [1.807, 2.05) is 0 Å². The van der Waals surface area contributed by atoms with E-state index in [1.54, 1.807) is 12.1 Å². The predicted molar refractivity (Wildman–Crippen MR) is 63.0 cm³/mol. The van der Waals surface area contributed by atoms with Crippen LogP contribution in [0.4, 0.5) is 26.0 Å². The zero-order valence-electron chi connectivity index (χ0n) is 9.17. The molecule has 0 aliphatic carbocycles. The van der Waals surface area contributed by atoms with Gasteiger partial charge in [0.2, 0.25) is 0 Å². The minimum Gasteiger partial charge on any atom is -0.396 e. The quantitative estimate of drug-likeness (QED) is 0.841. The molecular weight excluding hydrogens is 224 g/mol. The van der Waals surface area contributed by atoms with Crippen LogP contribution >= 0.6 is 0 Å². The van der Waals surface area contributed by atoms with Gasteiger partial charge in [0.1, 0.15) is 11.6 Å². The monoisotopic (exact) mass is 235 g/mol. The number of nitrogens with two attached hydrogens (primary N) is 1. The third-order valence-corrected chi connectivity index (χ3v) is 2.34. The summed E-state index contributed by atoms with van der Waals surface area (Å²) in [5.41, 5.74) is 6.28. The normalized spacial score (nSPS) is 10.3. The molecule has 1 aromatic carbocycles. The maximum absolute atomic E-state index is 13.6. The third-order valence-electron chi connectivity index (χ3n) is 2.34. The second kappa shape index (κ2) is 4.37. The van der Waals surface area contributed by atoms with Gasteiger partial charge in [0.05, 0.1) is 11.4 Å². The molecule has 0 aliphatic rings. The molecule has 0 bridgehead atoms. The van der Waals surface area contributed by atoms with Crippen molar-refractivity contribution in [3.8, 4) is 0 Å². The number of hydrogen-bond acceptors (Lipinski definition) is 3. The van der Waals surface area contributed by atoms with Gasteiger partial charge in [-0.25, -0.2) is 13.8 Å². The van der Waals surface area contributed by atoms with Crippen molar-refractivity contribution >= 4 is 17.2 Å². The van der Waals surface area contributed by atoms with Crippen LogP contribution in [0.25, 0.3) is 0 Å². The number of nitrogen functional groups attached to an aromatic ring is 1. The molecular formula is C12H11F2N3. The van der Waals surface area contributed by atoms with Crippen LogP contribution in [0.5, 0.6) is 0 Å². The molecule has 0 spiro atoms. The van der Waals surface area contributed by atoms with Crippen LogP contribution in [0.3, 0.4) is 0 Å². The van der Waals surface area contributed by atoms with E-state index < -0.39 is 11.6 Å². The van der Waals surface area contributed by atoms with E-state index in [-0.39, 0.29) is 11.3 Å². The van der Waals surface area contributed by atoms with Crippen LogP contribution in [0.2, 0.25) is 0 Å². The number of benzene rings is 1. The Morgan fingerprint density at radius 3 is 2.71 bits per heavy atom. The predicted octanol–water partition coefficient (Wildman–Crippen LogP) is 2.99. The molecule has 5 heteroatoms. The van der Waals surface area contributed by atoms with Crippen LogP contribution in [0, 0.1) is 18.6 Å². The molecule has 0 amide bonds. The number of anilines is 3. The number of aromatic nitrogens is 1. The van der Waals surface area contributed by atoms with Gasteiger partial charge in [-0.2, -0.15) is 0 Å². The standard InChI is InChI=1S/C12H11F2N3/c1-7-5-9(14)11(6-8(7)13)17-12-10(15)3-2-4-16-12/h2-6H,15H2,1H3,(H,16,17). The first kappa shape index (κ1) is 11.3. The molecule has 0 atom stereocenters. The van der Waals surface area contributed by atoms with Gasteiger partial charge < -0.3 is 11.1 Å². The largest absolute Gasteiger partial charge is 0.396 e. The van der Waals surface area contributed by atoms with Gasteiger partial charge in [-0.15, -0.1) is 0 Å². The first-order valence-electron chi connectivity index (χ1n) is 5.01. The van der Waals surface area contributed by atoms with Gasteiger partial charge in [0.15, 0.2) is 5.82 Å². The smallest absolute Gasteiger partial charge is 0.153 e. The maximum atomic E-state index is 13.6. The molecule has 0 aliphatic heterocycles. The molecule has 1 aromatic heterocycles. The minimum absolute atomic E-state index is 0.0125. The summed E-state index contributed by atoms with van der Waals surface area (Å²) in [5.74, 6) is -0.730. The second-order valence-corrected chi connectivity index (χ2v) is 3.65. The number of nitrogens with one attached hydrogen (secondary N) is 1. The fourth-order valence-electron chi connectivity index (χ4n) is 1.39. The molecule has 0 fully saturated rings. The van der Waals surface area contributed by atoms with Crippen LogP contribution in [0.15, 0.2) is 30.5 Å². The van der Waals surface area contributed by atoms with Crippen molar-refractivity contribution in [3.63, 3.8) is 0 Å². The Balaban J connectivity index is 2.37. The lowest BCUT2D eigenvalue weighted by atomic mass is 10.2. The lowest BCUT2D eigenvalue weighted by Gasteiger charge is -2.09. The average molecular weight is 235 g/mol. The molecule has 2 aromatic rings. The molecule has 88 valence electrons. The molecule has 3 nitrogen and oxygen atoms in total. The van der Waals surface area contributed by atoms with Crippen molar-refractivity contribution in [2.75, 3.05) is 11.1 Å². The zero-order chi connectivity index (χ0) is 12.4. The molecule has 0 unspecified atom stereocenters. The summed E-state index contributed by atoms with van der Waals surface area (Å²) in [6.07, 6.45) is 1.52. The molecule has 0 saturated heterocycles. The van der Waals surface area contributed by atoms with Gasteiger partial charge in [-0.05, 0) is 30.7 Å². The molecule has 3 N–H and O–H groups in total. The number of nitrogens with zero attached hydrogens (tertiary/aromatic N) is 1. The number of rotatable bonds is 2. The Kier molecular flexibility index (Phi) is 2.91. The van der Waals surface area contributed by atoms with Crippen molar-refractivity contribution in [3.05, 3.63) is 47.7 Å². The van der Waals surface area contributed by atoms with Crippen LogP contribution < -0.4 is 11.1 Å². The summed E-state index contributed by atoms with van der Waals surface area (Å²) < 4.78 is 26.9. The van der Waals surface area contributed by atoms with Gasteiger partial charge >= 0.3 is 0 Å². The summed E-state index contributed by atoms with van der Waals surface area (Å²) in [5, 5.41) is 2.66. The lowest BCUT2D eigenvalue weighted by Crippen LogP contribution is -2.01. The van der Waals surface area contributed by atoms with E-state index in [2.05, 4.69) is 10.3 Å². The summed E-state index contributed by atoms with van der Waals surface area (Å²) in [7, 11) is 0. The van der Waals surface area contributed by atoms with E-state index in [0.717, 1.165) is 12.1 Å². The fraction of sp³-hybridized carbons (Fsp3) is 0.0833. The minimum atomic E-state index is -0.547. The first-order chi connectivity index (χ1) is 8.08. The van der Waals surface area contributed by atoms with E-state index in [1.165, 1.54) is 13.1 Å². The molecule has 1 heterocycles. The fourth-order valence-corrected chi connectivity index (χ4v) is 1.39. The highest BCUT2D eigenvalue weighted by Crippen LogP contribution is 2.24. The van der Waals surface area contributed by atoms with Crippen molar-refractivity contribution < 1.29 is 8.78 Å². The van der Waals surface area contributed by atoms with E-state index in [4.69, 9.17) is 5.73 Å². The lowest BCUT2D eigenvalue weighted by molar-refractivity contribution is 0.595. The van der Waals surface area contributed by atoms with Gasteiger partial charge in [-0.3, -0.25) is 0 Å². The van der Waals surface area contributed by atoms with Crippen LogP contribution in [0.1, 0.15) is 5.56 Å². The van der Waals surface area contributed by atoms with Crippen molar-refractivity contribution in [1.29, 1.82) is 0 Å². The Morgan fingerprint density at radius 1 is 1.24 bits per heavy atom. The molecule has 0 radical (unpaired) electrons. The summed E-state index contributed by atoms with van der Waals surface area (Å²) in [6.45, 7) is 1.50. The van der Waals surface area contributed by atoms with Crippen molar-refractivity contribution in [1.82, 2.24) is 4.98 Å². The highest BCUT2D eigenvalue weighted by molar-refractivity contribution is 5.68. The molecule has 2 rings (SSSR count). The highest BCUT2D eigenvalue weighted by Gasteiger charge is 2.09. The Morgan fingerprint density at radius 2 is 2.00 bits per heavy atom. The maximum Gasteiger partial charge on any atom is 0.153 e.